The fourth-order valence-electron chi connectivity index (χ4n) is 2.49. The highest BCUT2D eigenvalue weighted by Gasteiger charge is 2.17. The number of hydrogen-bond acceptors (Lipinski definition) is 2. The summed E-state index contributed by atoms with van der Waals surface area (Å²) in [5.74, 6) is 0. The summed E-state index contributed by atoms with van der Waals surface area (Å²) < 4.78 is 1.17. The molecule has 0 amide bonds. The van der Waals surface area contributed by atoms with Crippen molar-refractivity contribution < 1.29 is 0 Å². The van der Waals surface area contributed by atoms with Gasteiger partial charge in [-0.2, -0.15) is 0 Å². The predicted octanol–water partition coefficient (Wildman–Crippen LogP) is 4.23. The maximum absolute atomic E-state index is 3.64. The second-order valence-corrected chi connectivity index (χ2v) is 6.10. The first-order valence-electron chi connectivity index (χ1n) is 7.41. The molecule has 1 atom stereocenters. The summed E-state index contributed by atoms with van der Waals surface area (Å²) in [6, 6.07) is 19.5. The largest absolute Gasteiger partial charge is 0.315 e. The van der Waals surface area contributed by atoms with Crippen LogP contribution in [0, 0.1) is 0 Å². The molecule has 0 saturated heterocycles. The first-order chi connectivity index (χ1) is 10.2. The van der Waals surface area contributed by atoms with Crippen molar-refractivity contribution in [1.29, 1.82) is 0 Å². The molecule has 0 heterocycles. The van der Waals surface area contributed by atoms with E-state index in [1.165, 1.54) is 15.6 Å². The van der Waals surface area contributed by atoms with E-state index in [9.17, 15) is 0 Å². The van der Waals surface area contributed by atoms with Crippen LogP contribution in [-0.4, -0.2) is 25.0 Å². The minimum atomic E-state index is 0.373. The minimum absolute atomic E-state index is 0.373. The van der Waals surface area contributed by atoms with E-state index in [1.807, 2.05) is 0 Å². The van der Waals surface area contributed by atoms with Gasteiger partial charge in [-0.25, -0.2) is 0 Å². The smallest absolute Gasteiger partial charge is 0.0473 e. The van der Waals surface area contributed by atoms with Gasteiger partial charge in [0.15, 0.2) is 0 Å². The van der Waals surface area contributed by atoms with Crippen LogP contribution in [0.25, 0.3) is 0 Å². The highest BCUT2D eigenvalue weighted by molar-refractivity contribution is 9.10. The Kier molecular flexibility index (Phi) is 6.43. The van der Waals surface area contributed by atoms with Gasteiger partial charge in [0, 0.05) is 23.6 Å². The molecule has 2 nitrogen and oxygen atoms in total. The van der Waals surface area contributed by atoms with Gasteiger partial charge < -0.3 is 5.32 Å². The first-order valence-corrected chi connectivity index (χ1v) is 8.21. The van der Waals surface area contributed by atoms with E-state index >= 15 is 0 Å². The quantitative estimate of drug-likeness (QED) is 0.806. The average Bonchev–Trinajstić information content (AvgIpc) is 2.51. The van der Waals surface area contributed by atoms with Gasteiger partial charge in [-0.15, -0.1) is 0 Å². The van der Waals surface area contributed by atoms with Gasteiger partial charge >= 0.3 is 0 Å². The standard InChI is InChI=1S/C18H23BrN2/c1-3-20-13-18(15-9-5-4-6-10-15)21(2)14-16-11-7-8-12-17(16)19/h4-12,18,20H,3,13-14H2,1-2H3. The summed E-state index contributed by atoms with van der Waals surface area (Å²) in [6.07, 6.45) is 0. The van der Waals surface area contributed by atoms with Crippen molar-refractivity contribution in [2.45, 2.75) is 19.5 Å². The van der Waals surface area contributed by atoms with Gasteiger partial charge in [-0.1, -0.05) is 71.4 Å². The number of benzene rings is 2. The zero-order valence-corrected chi connectivity index (χ0v) is 14.3. The average molecular weight is 347 g/mol. The molecular weight excluding hydrogens is 324 g/mol. The number of halogens is 1. The summed E-state index contributed by atoms with van der Waals surface area (Å²) in [6.45, 7) is 5.02. The second-order valence-electron chi connectivity index (χ2n) is 5.24. The molecule has 3 heteroatoms. The molecule has 0 saturated carbocycles. The Balaban J connectivity index is 2.14. The predicted molar refractivity (Wildman–Crippen MR) is 93.3 cm³/mol. The van der Waals surface area contributed by atoms with E-state index in [1.54, 1.807) is 0 Å². The highest BCUT2D eigenvalue weighted by Crippen LogP contribution is 2.23. The third kappa shape index (κ3) is 4.67. The molecular formula is C18H23BrN2. The van der Waals surface area contributed by atoms with Crippen LogP contribution in [0.5, 0.6) is 0 Å². The number of hydrogen-bond donors (Lipinski definition) is 1. The second kappa shape index (κ2) is 8.32. The molecule has 2 rings (SSSR count). The minimum Gasteiger partial charge on any atom is -0.315 e. The van der Waals surface area contributed by atoms with E-state index in [0.717, 1.165) is 19.6 Å². The lowest BCUT2D eigenvalue weighted by Gasteiger charge is -2.29. The van der Waals surface area contributed by atoms with Gasteiger partial charge in [0.05, 0.1) is 0 Å². The molecule has 1 unspecified atom stereocenters. The van der Waals surface area contributed by atoms with E-state index in [2.05, 4.69) is 94.7 Å². The molecule has 0 radical (unpaired) electrons. The van der Waals surface area contributed by atoms with Crippen LogP contribution >= 0.6 is 15.9 Å². The van der Waals surface area contributed by atoms with Crippen LogP contribution in [0.3, 0.4) is 0 Å². The van der Waals surface area contributed by atoms with Gasteiger partial charge in [-0.05, 0) is 30.8 Å². The molecule has 21 heavy (non-hydrogen) atoms. The molecule has 1 N–H and O–H groups in total. The molecule has 0 fully saturated rings. The zero-order valence-electron chi connectivity index (χ0n) is 12.7. The van der Waals surface area contributed by atoms with Crippen LogP contribution in [0.2, 0.25) is 0 Å². The van der Waals surface area contributed by atoms with Gasteiger partial charge in [0.2, 0.25) is 0 Å². The first kappa shape index (κ1) is 16.2. The van der Waals surface area contributed by atoms with Crippen molar-refractivity contribution in [3.05, 3.63) is 70.2 Å². The van der Waals surface area contributed by atoms with Crippen LogP contribution in [-0.2, 0) is 6.54 Å². The monoisotopic (exact) mass is 346 g/mol. The molecule has 0 aromatic heterocycles. The van der Waals surface area contributed by atoms with Crippen molar-refractivity contribution in [2.75, 3.05) is 20.1 Å². The number of likely N-dealkylation sites (N-methyl/N-ethyl adjacent to an activating group) is 2. The lowest BCUT2D eigenvalue weighted by atomic mass is 10.0. The Morgan fingerprint density at radius 1 is 1.05 bits per heavy atom. The number of nitrogens with zero attached hydrogens (tertiary/aromatic N) is 1. The number of nitrogens with one attached hydrogen (secondary N) is 1. The third-order valence-electron chi connectivity index (χ3n) is 3.68. The highest BCUT2D eigenvalue weighted by atomic mass is 79.9. The summed E-state index contributed by atoms with van der Waals surface area (Å²) in [7, 11) is 2.19. The molecule has 0 spiro atoms. The molecule has 112 valence electrons. The molecule has 0 aliphatic carbocycles. The Bertz CT molecular complexity index is 542. The van der Waals surface area contributed by atoms with E-state index in [4.69, 9.17) is 0 Å². The van der Waals surface area contributed by atoms with E-state index < -0.39 is 0 Å². The van der Waals surface area contributed by atoms with Crippen molar-refractivity contribution in [3.8, 4) is 0 Å². The summed E-state index contributed by atoms with van der Waals surface area (Å²) in [5.41, 5.74) is 2.67. The molecule has 0 bridgehead atoms. The maximum Gasteiger partial charge on any atom is 0.0473 e. The summed E-state index contributed by atoms with van der Waals surface area (Å²) >= 11 is 3.64. The van der Waals surface area contributed by atoms with Crippen LogP contribution in [0.15, 0.2) is 59.1 Å². The van der Waals surface area contributed by atoms with Gasteiger partial charge in [0.1, 0.15) is 0 Å². The molecule has 0 aliphatic rings. The van der Waals surface area contributed by atoms with Crippen molar-refractivity contribution in [1.82, 2.24) is 10.2 Å². The topological polar surface area (TPSA) is 15.3 Å². The molecule has 2 aromatic carbocycles. The van der Waals surface area contributed by atoms with Gasteiger partial charge in [-0.3, -0.25) is 4.90 Å². The fourth-order valence-corrected chi connectivity index (χ4v) is 2.90. The van der Waals surface area contributed by atoms with Crippen LogP contribution < -0.4 is 5.32 Å². The Morgan fingerprint density at radius 2 is 1.71 bits per heavy atom. The molecule has 0 aliphatic heterocycles. The van der Waals surface area contributed by atoms with Crippen molar-refractivity contribution >= 4 is 15.9 Å². The molecule has 2 aromatic rings. The maximum atomic E-state index is 3.64. The zero-order chi connectivity index (χ0) is 15.1. The summed E-state index contributed by atoms with van der Waals surface area (Å²) in [5, 5.41) is 3.47. The Hall–Kier alpha value is -1.16. The SMILES string of the molecule is CCNCC(c1ccccc1)N(C)Cc1ccccc1Br. The Labute approximate surface area is 136 Å². The van der Waals surface area contributed by atoms with Crippen LogP contribution in [0.4, 0.5) is 0 Å². The summed E-state index contributed by atoms with van der Waals surface area (Å²) in [4.78, 5) is 2.40. The lowest BCUT2D eigenvalue weighted by Crippen LogP contribution is -2.33. The lowest BCUT2D eigenvalue weighted by molar-refractivity contribution is 0.230. The normalized spacial score (nSPS) is 12.6. The van der Waals surface area contributed by atoms with E-state index in [0.29, 0.717) is 6.04 Å². The Morgan fingerprint density at radius 3 is 2.38 bits per heavy atom. The third-order valence-corrected chi connectivity index (χ3v) is 4.46. The van der Waals surface area contributed by atoms with E-state index in [-0.39, 0.29) is 0 Å². The fraction of sp³-hybridized carbons (Fsp3) is 0.333. The van der Waals surface area contributed by atoms with Crippen molar-refractivity contribution in [2.24, 2.45) is 0 Å². The number of rotatable bonds is 7. The van der Waals surface area contributed by atoms with Crippen LogP contribution in [0.1, 0.15) is 24.1 Å². The van der Waals surface area contributed by atoms with Gasteiger partial charge in [0.25, 0.3) is 0 Å². The van der Waals surface area contributed by atoms with Crippen molar-refractivity contribution in [3.63, 3.8) is 0 Å².